The van der Waals surface area contributed by atoms with E-state index in [9.17, 15) is 4.79 Å². The van der Waals surface area contributed by atoms with E-state index < -0.39 is 0 Å². The van der Waals surface area contributed by atoms with Gasteiger partial charge in [-0.1, -0.05) is 6.92 Å². The highest BCUT2D eigenvalue weighted by molar-refractivity contribution is 5.94. The van der Waals surface area contributed by atoms with Crippen LogP contribution in [-0.2, 0) is 11.2 Å². The fraction of sp³-hybridized carbons (Fsp3) is 0.533. The third kappa shape index (κ3) is 2.89. The zero-order valence-corrected chi connectivity index (χ0v) is 11.9. The monoisotopic (exact) mass is 262 g/mol. The number of carbonyl (C=O) groups is 1. The van der Waals surface area contributed by atoms with Crippen LogP contribution in [-0.4, -0.2) is 33.2 Å². The van der Waals surface area contributed by atoms with E-state index in [-0.39, 0.29) is 11.8 Å². The van der Waals surface area contributed by atoms with Crippen LogP contribution in [0.3, 0.4) is 0 Å². The number of nitrogens with one attached hydrogen (secondary N) is 1. The number of hydrogen-bond acceptors (Lipinski definition) is 3. The minimum atomic E-state index is 0.0273. The number of nitrogens with zero attached hydrogens (tertiary/aromatic N) is 1. The third-order valence-corrected chi connectivity index (χ3v) is 3.68. The topological polar surface area (TPSA) is 41.6 Å². The first-order valence-electron chi connectivity index (χ1n) is 6.85. The van der Waals surface area contributed by atoms with E-state index in [0.717, 1.165) is 30.9 Å². The van der Waals surface area contributed by atoms with Crippen LogP contribution in [0.15, 0.2) is 18.2 Å². The number of amides is 1. The first-order valence-corrected chi connectivity index (χ1v) is 6.85. The molecule has 1 amide bonds. The van der Waals surface area contributed by atoms with Crippen molar-refractivity contribution in [2.75, 3.05) is 32.1 Å². The van der Waals surface area contributed by atoms with Gasteiger partial charge in [-0.2, -0.15) is 0 Å². The molecule has 0 aromatic heterocycles. The van der Waals surface area contributed by atoms with Gasteiger partial charge in [0.15, 0.2) is 0 Å². The minimum absolute atomic E-state index is 0.0273. The second-order valence-electron chi connectivity index (χ2n) is 4.95. The predicted molar refractivity (Wildman–Crippen MR) is 76.8 cm³/mol. The lowest BCUT2D eigenvalue weighted by atomic mass is 10.0. The Kier molecular flexibility index (Phi) is 4.43. The summed E-state index contributed by atoms with van der Waals surface area (Å²) in [7, 11) is 3.72. The maximum absolute atomic E-state index is 12.4. The molecule has 0 fully saturated rings. The lowest BCUT2D eigenvalue weighted by molar-refractivity contribution is -0.122. The Morgan fingerprint density at radius 3 is 3.00 bits per heavy atom. The number of benzene rings is 1. The van der Waals surface area contributed by atoms with Crippen molar-refractivity contribution in [1.29, 1.82) is 0 Å². The van der Waals surface area contributed by atoms with Crippen LogP contribution in [0.5, 0.6) is 5.75 Å². The van der Waals surface area contributed by atoms with Gasteiger partial charge in [0.1, 0.15) is 5.75 Å². The summed E-state index contributed by atoms with van der Waals surface area (Å²) in [5, 5.41) is 3.08. The molecule has 1 atom stereocenters. The van der Waals surface area contributed by atoms with E-state index in [4.69, 9.17) is 4.74 Å². The summed E-state index contributed by atoms with van der Waals surface area (Å²) in [4.78, 5) is 14.2. The molecule has 1 heterocycles. The van der Waals surface area contributed by atoms with Crippen molar-refractivity contribution in [3.8, 4) is 5.75 Å². The Morgan fingerprint density at radius 2 is 2.32 bits per heavy atom. The highest BCUT2D eigenvalue weighted by atomic mass is 16.5. The van der Waals surface area contributed by atoms with Crippen LogP contribution in [0.25, 0.3) is 0 Å². The zero-order valence-electron chi connectivity index (χ0n) is 11.9. The molecule has 2 rings (SSSR count). The first kappa shape index (κ1) is 13.9. The Bertz CT molecular complexity index is 459. The van der Waals surface area contributed by atoms with Crippen LogP contribution in [0.2, 0.25) is 0 Å². The van der Waals surface area contributed by atoms with Crippen molar-refractivity contribution in [2.45, 2.75) is 19.8 Å². The SMILES string of the molecule is CCC(CNC)C(=O)N(C)c1ccc2c(c1)CCO2. The molecular formula is C15H22N2O2. The maximum atomic E-state index is 12.4. The molecule has 1 aliphatic rings. The zero-order chi connectivity index (χ0) is 13.8. The number of rotatable bonds is 5. The molecule has 0 bridgehead atoms. The lowest BCUT2D eigenvalue weighted by Gasteiger charge is -2.23. The van der Waals surface area contributed by atoms with Gasteiger partial charge in [0.2, 0.25) is 5.91 Å². The normalized spacial score (nSPS) is 14.7. The molecule has 1 aromatic rings. The van der Waals surface area contributed by atoms with Gasteiger partial charge >= 0.3 is 0 Å². The van der Waals surface area contributed by atoms with Crippen molar-refractivity contribution in [3.05, 3.63) is 23.8 Å². The summed E-state index contributed by atoms with van der Waals surface area (Å²) in [5.41, 5.74) is 2.14. The van der Waals surface area contributed by atoms with E-state index in [0.29, 0.717) is 6.54 Å². The van der Waals surface area contributed by atoms with Crippen molar-refractivity contribution >= 4 is 11.6 Å². The quantitative estimate of drug-likeness (QED) is 0.880. The van der Waals surface area contributed by atoms with Crippen molar-refractivity contribution in [1.82, 2.24) is 5.32 Å². The van der Waals surface area contributed by atoms with E-state index in [1.54, 1.807) is 4.90 Å². The molecule has 104 valence electrons. The summed E-state index contributed by atoms with van der Waals surface area (Å²) < 4.78 is 5.49. The van der Waals surface area contributed by atoms with E-state index >= 15 is 0 Å². The molecule has 19 heavy (non-hydrogen) atoms. The number of anilines is 1. The molecule has 1 N–H and O–H groups in total. The molecule has 0 spiro atoms. The molecular weight excluding hydrogens is 240 g/mol. The van der Waals surface area contributed by atoms with E-state index in [1.165, 1.54) is 5.56 Å². The van der Waals surface area contributed by atoms with Gasteiger partial charge in [-0.3, -0.25) is 4.79 Å². The fourth-order valence-corrected chi connectivity index (χ4v) is 2.44. The van der Waals surface area contributed by atoms with Crippen molar-refractivity contribution < 1.29 is 9.53 Å². The van der Waals surface area contributed by atoms with Gasteiger partial charge in [0.05, 0.1) is 12.5 Å². The average molecular weight is 262 g/mol. The second-order valence-corrected chi connectivity index (χ2v) is 4.95. The van der Waals surface area contributed by atoms with Gasteiger partial charge in [0.25, 0.3) is 0 Å². The molecule has 4 nitrogen and oxygen atoms in total. The highest BCUT2D eigenvalue weighted by Crippen LogP contribution is 2.29. The second kappa shape index (κ2) is 6.06. The number of fused-ring (bicyclic) bond motifs is 1. The Balaban J connectivity index is 2.14. The smallest absolute Gasteiger partial charge is 0.231 e. The Labute approximate surface area is 114 Å². The summed E-state index contributed by atoms with van der Waals surface area (Å²) in [6.07, 6.45) is 1.77. The van der Waals surface area contributed by atoms with Crippen LogP contribution in [0, 0.1) is 5.92 Å². The standard InChI is InChI=1S/C15H22N2O2/c1-4-11(10-16-2)15(18)17(3)13-5-6-14-12(9-13)7-8-19-14/h5-6,9,11,16H,4,7-8,10H2,1-3H3. The number of carbonyl (C=O) groups excluding carboxylic acids is 1. The molecule has 0 saturated heterocycles. The summed E-state index contributed by atoms with van der Waals surface area (Å²) in [6, 6.07) is 5.97. The first-order chi connectivity index (χ1) is 9.17. The molecule has 1 aliphatic heterocycles. The molecule has 1 aromatic carbocycles. The van der Waals surface area contributed by atoms with Crippen molar-refractivity contribution in [3.63, 3.8) is 0 Å². The largest absolute Gasteiger partial charge is 0.493 e. The maximum Gasteiger partial charge on any atom is 0.231 e. The molecule has 1 unspecified atom stereocenters. The molecule has 4 heteroatoms. The summed E-state index contributed by atoms with van der Waals surface area (Å²) in [5.74, 6) is 1.14. The van der Waals surface area contributed by atoms with Gasteiger partial charge in [-0.05, 0) is 37.2 Å². The summed E-state index contributed by atoms with van der Waals surface area (Å²) >= 11 is 0. The van der Waals surface area contributed by atoms with E-state index in [2.05, 4.69) is 11.4 Å². The number of hydrogen-bond donors (Lipinski definition) is 1. The summed E-state index contributed by atoms with van der Waals surface area (Å²) in [6.45, 7) is 3.51. The van der Waals surface area contributed by atoms with Gasteiger partial charge in [-0.25, -0.2) is 0 Å². The highest BCUT2D eigenvalue weighted by Gasteiger charge is 2.22. The van der Waals surface area contributed by atoms with Gasteiger partial charge in [-0.15, -0.1) is 0 Å². The van der Waals surface area contributed by atoms with Crippen LogP contribution in [0.4, 0.5) is 5.69 Å². The number of ether oxygens (including phenoxy) is 1. The molecule has 0 radical (unpaired) electrons. The fourth-order valence-electron chi connectivity index (χ4n) is 2.44. The van der Waals surface area contributed by atoms with Crippen molar-refractivity contribution in [2.24, 2.45) is 5.92 Å². The van der Waals surface area contributed by atoms with Crippen LogP contribution in [0.1, 0.15) is 18.9 Å². The van der Waals surface area contributed by atoms with Crippen LogP contribution < -0.4 is 15.0 Å². The Morgan fingerprint density at radius 1 is 1.53 bits per heavy atom. The van der Waals surface area contributed by atoms with Crippen LogP contribution >= 0.6 is 0 Å². The van der Waals surface area contributed by atoms with E-state index in [1.807, 2.05) is 33.2 Å². The minimum Gasteiger partial charge on any atom is -0.493 e. The lowest BCUT2D eigenvalue weighted by Crippen LogP contribution is -2.37. The third-order valence-electron chi connectivity index (χ3n) is 3.68. The Hall–Kier alpha value is -1.55. The van der Waals surface area contributed by atoms with Gasteiger partial charge < -0.3 is 15.0 Å². The van der Waals surface area contributed by atoms with Gasteiger partial charge in [0, 0.05) is 25.7 Å². The average Bonchev–Trinajstić information content (AvgIpc) is 2.90. The predicted octanol–water partition coefficient (Wildman–Crippen LogP) is 1.83. The molecule has 0 saturated carbocycles. The molecule has 0 aliphatic carbocycles.